The third-order valence-electron chi connectivity index (χ3n) is 9.26. The molecule has 1 amide bonds. The molecule has 3 N–H and O–H groups in total. The van der Waals surface area contributed by atoms with Gasteiger partial charge in [0, 0.05) is 92.9 Å². The number of aliphatic imine (C=N–C) groups is 1. The number of nitrogens with zero attached hydrogens (tertiary/aromatic N) is 5. The normalized spacial score (nSPS) is 19.4. The number of hydrogen-bond donors (Lipinski definition) is 2. The number of ether oxygens (including phenoxy) is 2. The lowest BCUT2D eigenvalue weighted by Crippen LogP contribution is -2.44. The summed E-state index contributed by atoms with van der Waals surface area (Å²) in [6, 6.07) is 9.06. The van der Waals surface area contributed by atoms with Gasteiger partial charge in [0.25, 0.3) is 0 Å². The molecular weight excluding hydrogens is 621 g/mol. The number of rotatable bonds is 9. The van der Waals surface area contributed by atoms with Crippen LogP contribution in [0.25, 0.3) is 16.5 Å². The number of fused-ring (bicyclic) bond motifs is 1. The Morgan fingerprint density at radius 1 is 1.09 bits per heavy atom. The summed E-state index contributed by atoms with van der Waals surface area (Å²) in [5.74, 6) is 0.549. The molecule has 0 radical (unpaired) electrons. The summed E-state index contributed by atoms with van der Waals surface area (Å²) in [4.78, 5) is 30.5. The second kappa shape index (κ2) is 15.2. The van der Waals surface area contributed by atoms with Crippen LogP contribution in [-0.2, 0) is 9.53 Å². The molecule has 248 valence electrons. The highest BCUT2D eigenvalue weighted by molar-refractivity contribution is 6.31. The molecule has 3 saturated heterocycles. The predicted molar refractivity (Wildman–Crippen MR) is 184 cm³/mol. The van der Waals surface area contributed by atoms with E-state index in [0.29, 0.717) is 60.1 Å². The van der Waals surface area contributed by atoms with Crippen molar-refractivity contribution >= 4 is 51.7 Å². The first-order chi connectivity index (χ1) is 22.9. The minimum Gasteiger partial charge on any atom is -0.490 e. The van der Waals surface area contributed by atoms with Gasteiger partial charge in [0.15, 0.2) is 0 Å². The van der Waals surface area contributed by atoms with Crippen LogP contribution in [0.1, 0.15) is 44.1 Å². The van der Waals surface area contributed by atoms with E-state index in [2.05, 4.69) is 26.8 Å². The summed E-state index contributed by atoms with van der Waals surface area (Å²) in [5.41, 5.74) is 8.99. The first kappa shape index (κ1) is 32.9. The van der Waals surface area contributed by atoms with Crippen molar-refractivity contribution in [1.29, 1.82) is 0 Å². The van der Waals surface area contributed by atoms with Crippen molar-refractivity contribution in [1.82, 2.24) is 19.8 Å². The number of aromatic nitrogens is 2. The molecule has 0 aliphatic carbocycles. The van der Waals surface area contributed by atoms with Crippen LogP contribution < -0.4 is 15.8 Å². The molecule has 3 aromatic rings. The fourth-order valence-corrected chi connectivity index (χ4v) is 6.74. The summed E-state index contributed by atoms with van der Waals surface area (Å²) in [6.45, 7) is 8.51. The third kappa shape index (κ3) is 7.91. The fourth-order valence-electron chi connectivity index (χ4n) is 6.56. The Kier molecular flexibility index (Phi) is 10.6. The maximum Gasteiger partial charge on any atom is 0.245 e. The number of carbonyl (C=O) groups is 1. The van der Waals surface area contributed by atoms with Crippen molar-refractivity contribution in [2.75, 3.05) is 44.7 Å². The van der Waals surface area contributed by atoms with E-state index in [1.807, 2.05) is 18.3 Å². The number of anilines is 2. The standard InChI is InChI=1S/C35H41ClFN7O3/c1-2-34(45)44-13-7-27(8-14-44)47-33-19-29-32(40-22-41-35(29)42-25-3-4-31(37)30(36)17-25)18-28(33)23(20-38)21-39-24-5-11-43(12-6-24)26-9-15-46-16-10-26/h2-4,17-22,24,26-27H,1,5-16,38H2,(H,40,41,42). The first-order valence-electron chi connectivity index (χ1n) is 16.3. The second-order valence-electron chi connectivity index (χ2n) is 12.2. The average Bonchev–Trinajstić information content (AvgIpc) is 3.11. The van der Waals surface area contributed by atoms with E-state index >= 15 is 0 Å². The van der Waals surface area contributed by atoms with E-state index in [-0.39, 0.29) is 23.1 Å². The minimum atomic E-state index is -0.501. The molecule has 3 aliphatic heterocycles. The van der Waals surface area contributed by atoms with Gasteiger partial charge in [0.05, 0.1) is 16.6 Å². The summed E-state index contributed by atoms with van der Waals surface area (Å²) in [6.07, 6.45) is 11.6. The van der Waals surface area contributed by atoms with E-state index in [1.165, 1.54) is 24.5 Å². The average molecular weight is 662 g/mol. The van der Waals surface area contributed by atoms with Gasteiger partial charge < -0.3 is 30.3 Å². The van der Waals surface area contributed by atoms with Crippen molar-refractivity contribution in [3.05, 3.63) is 71.9 Å². The largest absolute Gasteiger partial charge is 0.490 e. The Balaban J connectivity index is 1.26. The lowest BCUT2D eigenvalue weighted by molar-refractivity contribution is -0.127. The summed E-state index contributed by atoms with van der Waals surface area (Å²) >= 11 is 6.04. The zero-order chi connectivity index (χ0) is 32.8. The summed E-state index contributed by atoms with van der Waals surface area (Å²) in [7, 11) is 0. The quantitative estimate of drug-likeness (QED) is 0.220. The SMILES string of the molecule is C=CC(=O)N1CCC(Oc2cc3c(Nc4ccc(F)c(Cl)c4)ncnc3cc2C(C=NC2CCN(C3CCOCC3)CC2)=CN)CC1. The highest BCUT2D eigenvalue weighted by atomic mass is 35.5. The van der Waals surface area contributed by atoms with Crippen LogP contribution >= 0.6 is 11.6 Å². The number of likely N-dealkylation sites (tertiary alicyclic amines) is 2. The molecular formula is C35H41ClFN7O3. The van der Waals surface area contributed by atoms with Crippen LogP contribution in [-0.4, -0.2) is 89.5 Å². The Hall–Kier alpha value is -4.06. The molecule has 10 nitrogen and oxygen atoms in total. The topological polar surface area (TPSA) is 118 Å². The van der Waals surface area contributed by atoms with Crippen molar-refractivity contribution < 1.29 is 18.7 Å². The Morgan fingerprint density at radius 3 is 2.55 bits per heavy atom. The minimum absolute atomic E-state index is 0.00669. The molecule has 0 unspecified atom stereocenters. The molecule has 0 saturated carbocycles. The van der Waals surface area contributed by atoms with Gasteiger partial charge in [-0.1, -0.05) is 18.2 Å². The van der Waals surface area contributed by atoms with Gasteiger partial charge in [-0.15, -0.1) is 0 Å². The lowest BCUT2D eigenvalue weighted by atomic mass is 9.99. The van der Waals surface area contributed by atoms with E-state index < -0.39 is 5.82 Å². The van der Waals surface area contributed by atoms with Crippen LogP contribution in [0.4, 0.5) is 15.9 Å². The van der Waals surface area contributed by atoms with Gasteiger partial charge in [-0.2, -0.15) is 0 Å². The molecule has 47 heavy (non-hydrogen) atoms. The highest BCUT2D eigenvalue weighted by Crippen LogP contribution is 2.35. The number of piperidine rings is 2. The Bertz CT molecular complexity index is 1650. The molecule has 0 atom stereocenters. The molecule has 3 fully saturated rings. The predicted octanol–water partition coefficient (Wildman–Crippen LogP) is 5.74. The van der Waals surface area contributed by atoms with Crippen molar-refractivity contribution in [2.45, 2.75) is 56.7 Å². The van der Waals surface area contributed by atoms with Gasteiger partial charge in [-0.25, -0.2) is 14.4 Å². The molecule has 12 heteroatoms. The number of allylic oxidation sites excluding steroid dienone is 1. The van der Waals surface area contributed by atoms with Crippen molar-refractivity contribution in [2.24, 2.45) is 10.7 Å². The molecule has 3 aliphatic rings. The van der Waals surface area contributed by atoms with E-state index in [1.54, 1.807) is 17.2 Å². The van der Waals surface area contributed by atoms with E-state index in [9.17, 15) is 9.18 Å². The monoisotopic (exact) mass is 661 g/mol. The maximum absolute atomic E-state index is 13.8. The molecule has 4 heterocycles. The van der Waals surface area contributed by atoms with Crippen LogP contribution in [0.2, 0.25) is 5.02 Å². The smallest absolute Gasteiger partial charge is 0.245 e. The maximum atomic E-state index is 13.8. The fraction of sp³-hybridized carbons (Fsp3) is 0.429. The molecule has 6 rings (SSSR count). The van der Waals surface area contributed by atoms with Gasteiger partial charge in [-0.3, -0.25) is 9.79 Å². The molecule has 0 bridgehead atoms. The Labute approximate surface area is 279 Å². The van der Waals surface area contributed by atoms with E-state index in [0.717, 1.165) is 63.1 Å². The number of benzene rings is 2. The highest BCUT2D eigenvalue weighted by Gasteiger charge is 2.27. The number of halogens is 2. The van der Waals surface area contributed by atoms with Crippen molar-refractivity contribution in [3.63, 3.8) is 0 Å². The van der Waals surface area contributed by atoms with E-state index in [4.69, 9.17) is 31.8 Å². The van der Waals surface area contributed by atoms with Crippen LogP contribution in [0, 0.1) is 5.82 Å². The first-order valence-corrected chi connectivity index (χ1v) is 16.7. The van der Waals surface area contributed by atoms with Crippen LogP contribution in [0.3, 0.4) is 0 Å². The van der Waals surface area contributed by atoms with Gasteiger partial charge in [-0.05, 0) is 62.1 Å². The third-order valence-corrected chi connectivity index (χ3v) is 9.55. The number of hydrogen-bond acceptors (Lipinski definition) is 9. The van der Waals surface area contributed by atoms with Gasteiger partial charge in [0.1, 0.15) is 29.8 Å². The summed E-state index contributed by atoms with van der Waals surface area (Å²) < 4.78 is 26.0. The number of nitrogens with one attached hydrogen (secondary N) is 1. The Morgan fingerprint density at radius 2 is 1.85 bits per heavy atom. The molecule has 2 aromatic carbocycles. The molecule has 0 spiro atoms. The zero-order valence-corrected chi connectivity index (χ0v) is 27.2. The van der Waals surface area contributed by atoms with Crippen LogP contribution in [0.5, 0.6) is 5.75 Å². The zero-order valence-electron chi connectivity index (χ0n) is 26.4. The van der Waals surface area contributed by atoms with Gasteiger partial charge >= 0.3 is 0 Å². The lowest BCUT2D eigenvalue weighted by Gasteiger charge is -2.38. The molecule has 1 aromatic heterocycles. The number of nitrogens with two attached hydrogens (primary N) is 1. The van der Waals surface area contributed by atoms with Crippen LogP contribution in [0.15, 0.2) is 60.5 Å². The summed E-state index contributed by atoms with van der Waals surface area (Å²) in [5, 5.41) is 3.96. The number of carbonyl (C=O) groups excluding carboxylic acids is 1. The number of amides is 1. The van der Waals surface area contributed by atoms with Gasteiger partial charge in [0.2, 0.25) is 5.91 Å². The second-order valence-corrected chi connectivity index (χ2v) is 12.6. The van der Waals surface area contributed by atoms with Crippen molar-refractivity contribution in [3.8, 4) is 5.75 Å².